The Morgan fingerprint density at radius 2 is 2.12 bits per heavy atom. The van der Waals surface area contributed by atoms with Crippen LogP contribution in [0.2, 0.25) is 10.0 Å². The van der Waals surface area contributed by atoms with Gasteiger partial charge in [0.2, 0.25) is 0 Å². The molecule has 0 aliphatic rings. The van der Waals surface area contributed by atoms with Gasteiger partial charge < -0.3 is 5.32 Å². The van der Waals surface area contributed by atoms with Crippen molar-refractivity contribution in [2.45, 2.75) is 26.3 Å². The lowest BCUT2D eigenvalue weighted by Gasteiger charge is -2.19. The Balaban J connectivity index is 2.95. The first-order chi connectivity index (χ1) is 7.54. The monoisotopic (exact) mass is 257 g/mol. The number of halogens is 2. The van der Waals surface area contributed by atoms with Crippen LogP contribution in [0.4, 0.5) is 0 Å². The SMILES string of the molecule is C=C(C)CC(NCC)c1ccc(Cl)cc1Cl. The topological polar surface area (TPSA) is 12.0 Å². The average Bonchev–Trinajstić information content (AvgIpc) is 2.16. The lowest BCUT2D eigenvalue weighted by molar-refractivity contribution is 0.548. The molecule has 16 heavy (non-hydrogen) atoms. The number of hydrogen-bond donors (Lipinski definition) is 1. The molecule has 1 aromatic rings. The molecule has 3 heteroatoms. The van der Waals surface area contributed by atoms with Gasteiger partial charge in [-0.15, -0.1) is 6.58 Å². The van der Waals surface area contributed by atoms with E-state index in [0.29, 0.717) is 10.0 Å². The van der Waals surface area contributed by atoms with E-state index in [1.165, 1.54) is 0 Å². The third-order valence-electron chi connectivity index (χ3n) is 2.34. The molecule has 1 nitrogen and oxygen atoms in total. The van der Waals surface area contributed by atoms with E-state index in [0.717, 1.165) is 24.1 Å². The van der Waals surface area contributed by atoms with Crippen molar-refractivity contribution in [3.8, 4) is 0 Å². The van der Waals surface area contributed by atoms with E-state index in [2.05, 4.69) is 18.8 Å². The molecule has 0 radical (unpaired) electrons. The summed E-state index contributed by atoms with van der Waals surface area (Å²) >= 11 is 12.1. The van der Waals surface area contributed by atoms with Gasteiger partial charge in [-0.1, -0.05) is 41.8 Å². The predicted molar refractivity (Wildman–Crippen MR) is 72.3 cm³/mol. The van der Waals surface area contributed by atoms with Crippen LogP contribution in [0.1, 0.15) is 31.9 Å². The molecule has 0 fully saturated rings. The summed E-state index contributed by atoms with van der Waals surface area (Å²) in [6.07, 6.45) is 0.884. The molecule has 0 amide bonds. The van der Waals surface area contributed by atoms with Crippen molar-refractivity contribution in [2.24, 2.45) is 0 Å². The van der Waals surface area contributed by atoms with Crippen LogP contribution >= 0.6 is 23.2 Å². The molecule has 1 unspecified atom stereocenters. The van der Waals surface area contributed by atoms with Crippen molar-refractivity contribution in [2.75, 3.05) is 6.54 Å². The third-order valence-corrected chi connectivity index (χ3v) is 2.90. The second kappa shape index (κ2) is 6.29. The minimum absolute atomic E-state index is 0.215. The highest BCUT2D eigenvalue weighted by Crippen LogP contribution is 2.29. The Labute approximate surface area is 107 Å². The van der Waals surface area contributed by atoms with Crippen LogP contribution in [-0.4, -0.2) is 6.54 Å². The summed E-state index contributed by atoms with van der Waals surface area (Å²) in [4.78, 5) is 0. The Morgan fingerprint density at radius 1 is 1.44 bits per heavy atom. The number of rotatable bonds is 5. The van der Waals surface area contributed by atoms with Gasteiger partial charge in [0, 0.05) is 16.1 Å². The Hall–Kier alpha value is -0.500. The van der Waals surface area contributed by atoms with Gasteiger partial charge in [-0.2, -0.15) is 0 Å². The van der Waals surface area contributed by atoms with Crippen LogP contribution in [0.5, 0.6) is 0 Å². The van der Waals surface area contributed by atoms with Crippen LogP contribution in [0, 0.1) is 0 Å². The maximum atomic E-state index is 6.19. The van der Waals surface area contributed by atoms with Gasteiger partial charge >= 0.3 is 0 Å². The molecular weight excluding hydrogens is 241 g/mol. The van der Waals surface area contributed by atoms with Gasteiger partial charge in [-0.3, -0.25) is 0 Å². The number of nitrogens with one attached hydrogen (secondary N) is 1. The highest BCUT2D eigenvalue weighted by Gasteiger charge is 2.13. The maximum absolute atomic E-state index is 6.19. The van der Waals surface area contributed by atoms with Crippen LogP contribution in [0.15, 0.2) is 30.4 Å². The van der Waals surface area contributed by atoms with E-state index in [1.54, 1.807) is 6.07 Å². The number of benzene rings is 1. The van der Waals surface area contributed by atoms with E-state index >= 15 is 0 Å². The molecule has 1 aromatic carbocycles. The molecule has 0 spiro atoms. The van der Waals surface area contributed by atoms with Crippen molar-refractivity contribution in [1.82, 2.24) is 5.32 Å². The zero-order chi connectivity index (χ0) is 12.1. The first-order valence-electron chi connectivity index (χ1n) is 5.37. The summed E-state index contributed by atoms with van der Waals surface area (Å²) < 4.78 is 0. The molecule has 1 rings (SSSR count). The van der Waals surface area contributed by atoms with Crippen molar-refractivity contribution < 1.29 is 0 Å². The fourth-order valence-corrected chi connectivity index (χ4v) is 2.21. The fourth-order valence-electron chi connectivity index (χ4n) is 1.67. The Morgan fingerprint density at radius 3 is 2.62 bits per heavy atom. The highest BCUT2D eigenvalue weighted by atomic mass is 35.5. The van der Waals surface area contributed by atoms with Gasteiger partial charge in [-0.05, 0) is 37.6 Å². The summed E-state index contributed by atoms with van der Waals surface area (Å²) in [7, 11) is 0. The predicted octanol–water partition coefficient (Wildman–Crippen LogP) is 4.61. The van der Waals surface area contributed by atoms with Gasteiger partial charge in [0.05, 0.1) is 0 Å². The maximum Gasteiger partial charge on any atom is 0.0468 e. The lowest BCUT2D eigenvalue weighted by atomic mass is 10.0. The van der Waals surface area contributed by atoms with Gasteiger partial charge in [0.15, 0.2) is 0 Å². The highest BCUT2D eigenvalue weighted by molar-refractivity contribution is 6.35. The van der Waals surface area contributed by atoms with Crippen LogP contribution in [0.25, 0.3) is 0 Å². The molecule has 1 atom stereocenters. The van der Waals surface area contributed by atoms with Gasteiger partial charge in [-0.25, -0.2) is 0 Å². The van der Waals surface area contributed by atoms with E-state index in [-0.39, 0.29) is 6.04 Å². The van der Waals surface area contributed by atoms with Crippen molar-refractivity contribution >= 4 is 23.2 Å². The van der Waals surface area contributed by atoms with E-state index in [9.17, 15) is 0 Å². The van der Waals surface area contributed by atoms with Crippen LogP contribution < -0.4 is 5.32 Å². The van der Waals surface area contributed by atoms with Crippen molar-refractivity contribution in [3.63, 3.8) is 0 Å². The van der Waals surface area contributed by atoms with Crippen molar-refractivity contribution in [1.29, 1.82) is 0 Å². The zero-order valence-corrected chi connectivity index (χ0v) is 11.2. The molecule has 88 valence electrons. The van der Waals surface area contributed by atoms with Gasteiger partial charge in [0.25, 0.3) is 0 Å². The molecule has 1 N–H and O–H groups in total. The summed E-state index contributed by atoms with van der Waals surface area (Å²) in [5, 5.41) is 4.78. The first kappa shape index (κ1) is 13.6. The fraction of sp³-hybridized carbons (Fsp3) is 0.385. The molecule has 0 aliphatic heterocycles. The second-order valence-electron chi connectivity index (χ2n) is 3.94. The Bertz CT molecular complexity index is 374. The summed E-state index contributed by atoms with van der Waals surface area (Å²) in [6.45, 7) is 8.94. The molecule has 0 aromatic heterocycles. The third kappa shape index (κ3) is 3.82. The van der Waals surface area contributed by atoms with E-state index in [4.69, 9.17) is 23.2 Å². The normalized spacial score (nSPS) is 12.5. The molecule has 0 saturated carbocycles. The summed E-state index contributed by atoms with van der Waals surface area (Å²) in [5.41, 5.74) is 2.22. The van der Waals surface area contributed by atoms with E-state index in [1.807, 2.05) is 19.1 Å². The lowest BCUT2D eigenvalue weighted by Crippen LogP contribution is -2.21. The summed E-state index contributed by atoms with van der Waals surface area (Å²) in [5.74, 6) is 0. The molecule has 0 aliphatic carbocycles. The number of hydrogen-bond acceptors (Lipinski definition) is 1. The van der Waals surface area contributed by atoms with Crippen molar-refractivity contribution in [3.05, 3.63) is 46.0 Å². The minimum atomic E-state index is 0.215. The molecular formula is C13H17Cl2N. The average molecular weight is 258 g/mol. The van der Waals surface area contributed by atoms with E-state index < -0.39 is 0 Å². The Kier molecular flexibility index (Phi) is 5.33. The van der Waals surface area contributed by atoms with Gasteiger partial charge in [0.1, 0.15) is 0 Å². The minimum Gasteiger partial charge on any atom is -0.310 e. The molecule has 0 bridgehead atoms. The van der Waals surface area contributed by atoms with Crippen LogP contribution in [-0.2, 0) is 0 Å². The standard InChI is InChI=1S/C13H17Cl2N/c1-4-16-13(7-9(2)3)11-6-5-10(14)8-12(11)15/h5-6,8,13,16H,2,4,7H2,1,3H3. The smallest absolute Gasteiger partial charge is 0.0468 e. The molecule has 0 saturated heterocycles. The van der Waals surface area contributed by atoms with Crippen LogP contribution in [0.3, 0.4) is 0 Å². The summed E-state index contributed by atoms with van der Waals surface area (Å²) in [6, 6.07) is 5.83. The first-order valence-corrected chi connectivity index (χ1v) is 6.13. The zero-order valence-electron chi connectivity index (χ0n) is 9.69. The quantitative estimate of drug-likeness (QED) is 0.760. The largest absolute Gasteiger partial charge is 0.310 e. The second-order valence-corrected chi connectivity index (χ2v) is 4.78. The molecule has 0 heterocycles.